The van der Waals surface area contributed by atoms with E-state index in [9.17, 15) is 0 Å². The van der Waals surface area contributed by atoms with Crippen LogP contribution in [0.15, 0.2) is 30.3 Å². The maximum absolute atomic E-state index is 6.21. The van der Waals surface area contributed by atoms with Gasteiger partial charge in [-0.2, -0.15) is 0 Å². The van der Waals surface area contributed by atoms with Crippen molar-refractivity contribution in [3.63, 3.8) is 0 Å². The summed E-state index contributed by atoms with van der Waals surface area (Å²) in [5.41, 5.74) is 1.15. The largest absolute Gasteiger partial charge is 0.493 e. The summed E-state index contributed by atoms with van der Waals surface area (Å²) < 4.78 is 12.3. The number of rotatable bonds is 15. The first-order valence-corrected chi connectivity index (χ1v) is 11.6. The van der Waals surface area contributed by atoms with E-state index in [4.69, 9.17) is 21.1 Å². The average molecular weight is 405 g/mol. The quantitative estimate of drug-likeness (QED) is 0.220. The van der Waals surface area contributed by atoms with Crippen LogP contribution in [0, 0.1) is 6.92 Å². The molecule has 0 aliphatic carbocycles. The molecule has 0 radical (unpaired) electrons. The number of hydrogen-bond acceptors (Lipinski definition) is 2. The highest BCUT2D eigenvalue weighted by Crippen LogP contribution is 2.36. The summed E-state index contributed by atoms with van der Waals surface area (Å²) in [5.74, 6) is 2.74. The molecule has 28 heavy (non-hydrogen) atoms. The van der Waals surface area contributed by atoms with Gasteiger partial charge in [-0.3, -0.25) is 0 Å². The van der Waals surface area contributed by atoms with Crippen molar-refractivity contribution in [1.82, 2.24) is 0 Å². The van der Waals surface area contributed by atoms with Crippen molar-refractivity contribution in [2.24, 2.45) is 0 Å². The molecule has 0 heterocycles. The van der Waals surface area contributed by atoms with Gasteiger partial charge in [0.2, 0.25) is 0 Å². The van der Waals surface area contributed by atoms with Crippen molar-refractivity contribution in [3.8, 4) is 11.5 Å². The summed E-state index contributed by atoms with van der Waals surface area (Å²) in [7, 11) is 0. The van der Waals surface area contributed by atoms with Crippen molar-refractivity contribution >= 4 is 22.4 Å². The molecule has 2 aromatic carbocycles. The Kier molecular flexibility index (Phi) is 11.2. The Hall–Kier alpha value is -1.41. The highest BCUT2D eigenvalue weighted by Gasteiger charge is 2.11. The van der Waals surface area contributed by atoms with Gasteiger partial charge in [0.15, 0.2) is 0 Å². The van der Waals surface area contributed by atoms with Crippen molar-refractivity contribution in [3.05, 3.63) is 35.9 Å². The van der Waals surface area contributed by atoms with Crippen LogP contribution in [0.4, 0.5) is 0 Å². The van der Waals surface area contributed by atoms with Crippen LogP contribution in [-0.4, -0.2) is 19.1 Å². The first-order chi connectivity index (χ1) is 13.8. The zero-order valence-corrected chi connectivity index (χ0v) is 18.5. The van der Waals surface area contributed by atoms with Crippen LogP contribution in [-0.2, 0) is 0 Å². The number of halogens is 1. The van der Waals surface area contributed by atoms with Gasteiger partial charge in [0, 0.05) is 16.7 Å². The Balaban J connectivity index is 1.93. The lowest BCUT2D eigenvalue weighted by molar-refractivity contribution is 0.300. The molecule has 0 N–H and O–H groups in total. The van der Waals surface area contributed by atoms with Gasteiger partial charge in [0.1, 0.15) is 11.5 Å². The molecule has 0 atom stereocenters. The predicted molar refractivity (Wildman–Crippen MR) is 122 cm³/mol. The number of benzene rings is 2. The summed E-state index contributed by atoms with van der Waals surface area (Å²) in [5, 5.41) is 2.30. The molecular formula is C25H37ClO2. The zero-order chi connectivity index (χ0) is 20.0. The molecule has 0 bridgehead atoms. The second kappa shape index (κ2) is 13.7. The Morgan fingerprint density at radius 3 is 2.07 bits per heavy atom. The van der Waals surface area contributed by atoms with Crippen LogP contribution in [0.25, 0.3) is 10.8 Å². The first kappa shape index (κ1) is 22.9. The fourth-order valence-corrected chi connectivity index (χ4v) is 3.74. The molecule has 0 unspecified atom stereocenters. The normalized spacial score (nSPS) is 11.1. The molecule has 2 aromatic rings. The topological polar surface area (TPSA) is 18.5 Å². The molecule has 156 valence electrons. The van der Waals surface area contributed by atoms with E-state index in [2.05, 4.69) is 44.2 Å². The Morgan fingerprint density at radius 1 is 0.750 bits per heavy atom. The van der Waals surface area contributed by atoms with Crippen LogP contribution >= 0.6 is 11.6 Å². The second-order valence-corrected chi connectivity index (χ2v) is 8.01. The highest BCUT2D eigenvalue weighted by atomic mass is 35.5. The minimum absolute atomic E-state index is 0.754. The summed E-state index contributed by atoms with van der Waals surface area (Å²) in [6, 6.07) is 10.6. The molecule has 0 saturated carbocycles. The smallest absolute Gasteiger partial charge is 0.130 e. The molecular weight excluding hydrogens is 368 g/mol. The molecule has 0 aromatic heterocycles. The Labute approximate surface area is 176 Å². The average Bonchev–Trinajstić information content (AvgIpc) is 2.71. The number of aryl methyl sites for hydroxylation is 1. The highest BCUT2D eigenvalue weighted by molar-refractivity contribution is 6.17. The number of fused-ring (bicyclic) bond motifs is 1. The lowest BCUT2D eigenvalue weighted by Gasteiger charge is -2.16. The SMILES string of the molecule is CCCCCCCCOc1c(C)cc(OCCCCCCCl)c2ccccc12. The second-order valence-electron chi connectivity index (χ2n) is 7.63. The lowest BCUT2D eigenvalue weighted by atomic mass is 10.0. The molecule has 0 fully saturated rings. The van der Waals surface area contributed by atoms with E-state index in [1.54, 1.807) is 0 Å². The lowest BCUT2D eigenvalue weighted by Crippen LogP contribution is -2.02. The Bertz CT molecular complexity index is 684. The van der Waals surface area contributed by atoms with E-state index in [1.165, 1.54) is 44.9 Å². The van der Waals surface area contributed by atoms with E-state index in [0.717, 1.165) is 66.2 Å². The molecule has 0 amide bonds. The maximum atomic E-state index is 6.21. The van der Waals surface area contributed by atoms with Gasteiger partial charge in [-0.1, -0.05) is 76.1 Å². The molecule has 0 aliphatic heterocycles. The van der Waals surface area contributed by atoms with E-state index in [-0.39, 0.29) is 0 Å². The van der Waals surface area contributed by atoms with Gasteiger partial charge in [0.05, 0.1) is 13.2 Å². The Morgan fingerprint density at radius 2 is 1.36 bits per heavy atom. The third-order valence-electron chi connectivity index (χ3n) is 5.17. The monoisotopic (exact) mass is 404 g/mol. The van der Waals surface area contributed by atoms with Crippen molar-refractivity contribution in [2.45, 2.75) is 78.1 Å². The van der Waals surface area contributed by atoms with E-state index in [1.807, 2.05) is 0 Å². The molecule has 3 heteroatoms. The number of alkyl halides is 1. The number of hydrogen-bond donors (Lipinski definition) is 0. The third kappa shape index (κ3) is 7.54. The van der Waals surface area contributed by atoms with Gasteiger partial charge in [-0.25, -0.2) is 0 Å². The molecule has 0 spiro atoms. The van der Waals surface area contributed by atoms with Crippen LogP contribution in [0.2, 0.25) is 0 Å². The number of ether oxygens (including phenoxy) is 2. The van der Waals surface area contributed by atoms with Crippen molar-refractivity contribution < 1.29 is 9.47 Å². The minimum atomic E-state index is 0.754. The van der Waals surface area contributed by atoms with Crippen molar-refractivity contribution in [2.75, 3.05) is 19.1 Å². The molecule has 0 saturated heterocycles. The van der Waals surface area contributed by atoms with Gasteiger partial charge in [-0.05, 0) is 37.8 Å². The maximum Gasteiger partial charge on any atom is 0.130 e. The summed E-state index contributed by atoms with van der Waals surface area (Å²) in [6.45, 7) is 5.92. The van der Waals surface area contributed by atoms with Gasteiger partial charge in [-0.15, -0.1) is 11.6 Å². The summed E-state index contributed by atoms with van der Waals surface area (Å²) in [4.78, 5) is 0. The van der Waals surface area contributed by atoms with Crippen LogP contribution < -0.4 is 9.47 Å². The predicted octanol–water partition coefficient (Wildman–Crippen LogP) is 8.07. The first-order valence-electron chi connectivity index (χ1n) is 11.1. The van der Waals surface area contributed by atoms with Crippen LogP contribution in [0.3, 0.4) is 0 Å². The zero-order valence-electron chi connectivity index (χ0n) is 17.8. The van der Waals surface area contributed by atoms with Crippen molar-refractivity contribution in [1.29, 1.82) is 0 Å². The third-order valence-corrected chi connectivity index (χ3v) is 5.44. The van der Waals surface area contributed by atoms with Gasteiger partial charge >= 0.3 is 0 Å². The standard InChI is InChI=1S/C25H37ClO2/c1-3-4-5-6-8-14-19-28-25-21(2)20-24(22-15-10-11-16-23(22)25)27-18-13-9-7-12-17-26/h10-11,15-16,20H,3-9,12-14,17-19H2,1-2H3. The van der Waals surface area contributed by atoms with Crippen LogP contribution in [0.1, 0.15) is 76.7 Å². The van der Waals surface area contributed by atoms with Gasteiger partial charge in [0.25, 0.3) is 0 Å². The summed E-state index contributed by atoms with van der Waals surface area (Å²) in [6.07, 6.45) is 12.2. The molecule has 2 rings (SSSR count). The molecule has 0 aliphatic rings. The van der Waals surface area contributed by atoms with Gasteiger partial charge < -0.3 is 9.47 Å². The number of unbranched alkanes of at least 4 members (excludes halogenated alkanes) is 8. The fourth-order valence-electron chi connectivity index (χ4n) is 3.55. The summed E-state index contributed by atoms with van der Waals surface area (Å²) >= 11 is 5.74. The fraction of sp³-hybridized carbons (Fsp3) is 0.600. The van der Waals surface area contributed by atoms with E-state index in [0.29, 0.717) is 0 Å². The van der Waals surface area contributed by atoms with E-state index >= 15 is 0 Å². The molecule has 2 nitrogen and oxygen atoms in total. The minimum Gasteiger partial charge on any atom is -0.493 e. The van der Waals surface area contributed by atoms with E-state index < -0.39 is 0 Å². The van der Waals surface area contributed by atoms with Crippen LogP contribution in [0.5, 0.6) is 11.5 Å².